The highest BCUT2D eigenvalue weighted by atomic mass is 16.6. The molecule has 0 aromatic heterocycles. The summed E-state index contributed by atoms with van der Waals surface area (Å²) < 4.78 is 126. The predicted molar refractivity (Wildman–Crippen MR) is 355 cm³/mol. The molecule has 4 bridgehead atoms. The summed E-state index contributed by atoms with van der Waals surface area (Å²) >= 11 is 0. The van der Waals surface area contributed by atoms with Crippen LogP contribution in [0.1, 0.15) is 94.5 Å². The van der Waals surface area contributed by atoms with Gasteiger partial charge in [0.2, 0.25) is 0 Å². The third kappa shape index (κ3) is 14.0. The second-order valence-corrected chi connectivity index (χ2v) is 25.1. The molecule has 6 aromatic rings. The fourth-order valence-corrected chi connectivity index (χ4v) is 14.8. The van der Waals surface area contributed by atoms with Crippen LogP contribution in [0.15, 0.2) is 97.1 Å². The molecule has 0 fully saturated rings. The minimum absolute atomic E-state index is 0.270. The number of benzene rings is 6. The van der Waals surface area contributed by atoms with Gasteiger partial charge in [0.05, 0.1) is 159 Å². The normalized spacial score (nSPS) is 25.5. The summed E-state index contributed by atoms with van der Waals surface area (Å²) in [5, 5.41) is 0. The first kappa shape index (κ1) is 67.8. The minimum atomic E-state index is -0.652. The lowest BCUT2D eigenvalue weighted by Crippen LogP contribution is -2.48. The zero-order valence-corrected chi connectivity index (χ0v) is 56.0. The van der Waals surface area contributed by atoms with E-state index in [0.717, 1.165) is 44.5 Å². The van der Waals surface area contributed by atoms with Crippen LogP contribution in [0.5, 0.6) is 46.0 Å². The number of ether oxygens (including phenoxy) is 20. The maximum absolute atomic E-state index is 6.67. The quantitative estimate of drug-likeness (QED) is 0.140. The minimum Gasteiger partial charge on any atom is -0.487 e. The Balaban J connectivity index is 0.831. The van der Waals surface area contributed by atoms with E-state index in [4.69, 9.17) is 94.7 Å². The monoisotopic (exact) mass is 1320 g/mol. The lowest BCUT2D eigenvalue weighted by Gasteiger charge is -2.54. The van der Waals surface area contributed by atoms with Crippen LogP contribution in [0, 0.1) is 0 Å². The summed E-state index contributed by atoms with van der Waals surface area (Å²) in [6, 6.07) is 34.6. The molecule has 2 aliphatic heterocycles. The van der Waals surface area contributed by atoms with Gasteiger partial charge in [-0.25, -0.2) is 0 Å². The molecule has 6 aromatic carbocycles. The molecule has 516 valence electrons. The van der Waals surface area contributed by atoms with Crippen LogP contribution in [-0.4, -0.2) is 211 Å². The van der Waals surface area contributed by atoms with Crippen molar-refractivity contribution in [2.45, 2.75) is 49.4 Å². The molecule has 0 saturated carbocycles. The highest BCUT2D eigenvalue weighted by Crippen LogP contribution is 2.66. The maximum atomic E-state index is 6.67. The summed E-state index contributed by atoms with van der Waals surface area (Å²) in [6.45, 7) is 19.9. The van der Waals surface area contributed by atoms with Gasteiger partial charge in [-0.15, -0.1) is 0 Å². The van der Waals surface area contributed by atoms with Gasteiger partial charge < -0.3 is 94.7 Å². The van der Waals surface area contributed by atoms with Crippen LogP contribution in [-0.2, 0) is 78.5 Å². The van der Waals surface area contributed by atoms with Crippen molar-refractivity contribution in [3.63, 3.8) is 0 Å². The molecule has 14 rings (SSSR count). The molecule has 0 amide bonds. The summed E-state index contributed by atoms with van der Waals surface area (Å²) in [4.78, 5) is 0. The molecule has 0 atom stereocenters. The Hall–Kier alpha value is -6.76. The fraction of sp³-hybridized carbons (Fsp3) is 0.526. The molecule has 0 spiro atoms. The fourth-order valence-electron chi connectivity index (χ4n) is 14.8. The number of fused-ring (bicyclic) bond motifs is 4. The molecular weight excluding hydrogens is 1230 g/mol. The third-order valence-electron chi connectivity index (χ3n) is 19.5. The Bertz CT molecular complexity index is 2950. The standard InChI is InChI=1S/C76H92O20/c1-73-53-9-5-6-10-54(53)74(2)59-47-67-65(45-57(59)73)89-37-29-81-21-13-77-17-25-85-33-41-93-69-49-61-63(51-71(69)95-43-35-87-27-19-79-15-23-83-31-39-91-67)76(4)56-12-8-7-11-55(56)75(61,3)62-50-70-72(52-64(62)76)96-44-36-88-28-20-80-16-24-84-32-40-92-68-48-60(74)58(73)46-66(68)90-38-30-82-22-14-78-18-26-86-34-42-94-70/h5-12,45-52H,13-44H2,1-4H3. The van der Waals surface area contributed by atoms with Gasteiger partial charge in [-0.2, -0.15) is 0 Å². The molecule has 96 heavy (non-hydrogen) atoms. The number of rotatable bonds is 0. The molecule has 2 heterocycles. The van der Waals surface area contributed by atoms with E-state index in [1.165, 1.54) is 22.3 Å². The molecule has 0 saturated heterocycles. The first-order chi connectivity index (χ1) is 47.2. The van der Waals surface area contributed by atoms with E-state index in [1.807, 2.05) is 0 Å². The second-order valence-electron chi connectivity index (χ2n) is 25.1. The molecule has 0 N–H and O–H groups in total. The Kier molecular flexibility index (Phi) is 22.5. The van der Waals surface area contributed by atoms with Crippen molar-refractivity contribution in [1.82, 2.24) is 0 Å². The van der Waals surface area contributed by atoms with Gasteiger partial charge in [-0.05, 0) is 143 Å². The predicted octanol–water partition coefficient (Wildman–Crippen LogP) is 9.33. The van der Waals surface area contributed by atoms with Gasteiger partial charge >= 0.3 is 0 Å². The average Bonchev–Trinajstić information content (AvgIpc) is 0.672. The Morgan fingerprint density at radius 2 is 0.281 bits per heavy atom. The van der Waals surface area contributed by atoms with Crippen LogP contribution in [0.4, 0.5) is 0 Å². The van der Waals surface area contributed by atoms with E-state index < -0.39 is 21.7 Å². The molecule has 8 aliphatic rings. The summed E-state index contributed by atoms with van der Waals surface area (Å²) in [7, 11) is 0. The average molecular weight is 1330 g/mol. The van der Waals surface area contributed by atoms with Gasteiger partial charge in [-0.3, -0.25) is 0 Å². The lowest BCUT2D eigenvalue weighted by molar-refractivity contribution is 0.00241. The SMILES string of the molecule is CC12c3ccccc3C3(C)c4cc5c(cc41)OCCOCCOCCOCCOc1cc4c(cc1OCCOCCOCCOCCO5)C1(C)c5ccccc5C4(C)c4cc5c(cc41)OCCOCCOCCOCCOc1cc3c2cc1OCCOCCOCCOCCO5. The number of hydrogen-bond acceptors (Lipinski definition) is 20. The van der Waals surface area contributed by atoms with Crippen molar-refractivity contribution in [3.8, 4) is 46.0 Å². The van der Waals surface area contributed by atoms with E-state index in [2.05, 4.69) is 125 Å². The zero-order chi connectivity index (χ0) is 65.6. The number of hydrogen-bond donors (Lipinski definition) is 0. The first-order valence-electron chi connectivity index (χ1n) is 34.1. The van der Waals surface area contributed by atoms with Crippen molar-refractivity contribution < 1.29 is 94.7 Å². The zero-order valence-electron chi connectivity index (χ0n) is 56.0. The van der Waals surface area contributed by atoms with Crippen LogP contribution in [0.3, 0.4) is 0 Å². The van der Waals surface area contributed by atoms with E-state index in [9.17, 15) is 0 Å². The van der Waals surface area contributed by atoms with E-state index >= 15 is 0 Å². The molecule has 0 unspecified atom stereocenters. The van der Waals surface area contributed by atoms with Gasteiger partial charge in [0, 0.05) is 21.7 Å². The molecular formula is C76H92O20. The maximum Gasteiger partial charge on any atom is 0.161 e. The topological polar surface area (TPSA) is 185 Å². The third-order valence-corrected chi connectivity index (χ3v) is 19.5. The Morgan fingerprint density at radius 1 is 0.167 bits per heavy atom. The lowest BCUT2D eigenvalue weighted by atomic mass is 9.48. The molecule has 0 radical (unpaired) electrons. The van der Waals surface area contributed by atoms with Crippen molar-refractivity contribution in [3.05, 3.63) is 164 Å². The van der Waals surface area contributed by atoms with E-state index in [-0.39, 0.29) is 52.9 Å². The summed E-state index contributed by atoms with van der Waals surface area (Å²) in [6.07, 6.45) is 0. The summed E-state index contributed by atoms with van der Waals surface area (Å²) in [5.74, 6) is 4.81. The van der Waals surface area contributed by atoms with E-state index in [1.54, 1.807) is 0 Å². The molecule has 20 nitrogen and oxygen atoms in total. The van der Waals surface area contributed by atoms with Gasteiger partial charge in [-0.1, -0.05) is 48.5 Å². The highest BCUT2D eigenvalue weighted by Gasteiger charge is 2.57. The van der Waals surface area contributed by atoms with Crippen LogP contribution >= 0.6 is 0 Å². The van der Waals surface area contributed by atoms with Crippen molar-refractivity contribution >= 4 is 0 Å². The van der Waals surface area contributed by atoms with Gasteiger partial charge in [0.1, 0.15) is 52.9 Å². The first-order valence-corrected chi connectivity index (χ1v) is 34.1. The van der Waals surface area contributed by atoms with Gasteiger partial charge in [0.25, 0.3) is 0 Å². The highest BCUT2D eigenvalue weighted by molar-refractivity contribution is 5.79. The van der Waals surface area contributed by atoms with E-state index in [0.29, 0.717) is 205 Å². The van der Waals surface area contributed by atoms with Gasteiger partial charge in [0.15, 0.2) is 46.0 Å². The van der Waals surface area contributed by atoms with Crippen LogP contribution < -0.4 is 37.9 Å². The van der Waals surface area contributed by atoms with Crippen molar-refractivity contribution in [2.75, 3.05) is 211 Å². The second kappa shape index (κ2) is 31.8. The Labute approximate surface area is 563 Å². The molecule has 20 heteroatoms. The largest absolute Gasteiger partial charge is 0.487 e. The van der Waals surface area contributed by atoms with Crippen LogP contribution in [0.2, 0.25) is 0 Å². The van der Waals surface area contributed by atoms with Crippen LogP contribution in [0.25, 0.3) is 0 Å². The van der Waals surface area contributed by atoms with Crippen molar-refractivity contribution in [2.24, 2.45) is 0 Å². The smallest absolute Gasteiger partial charge is 0.161 e. The Morgan fingerprint density at radius 3 is 0.406 bits per heavy atom. The summed E-state index contributed by atoms with van der Waals surface area (Å²) in [5.41, 5.74) is 11.0. The van der Waals surface area contributed by atoms with Crippen molar-refractivity contribution in [1.29, 1.82) is 0 Å². The molecule has 6 aliphatic carbocycles.